The lowest BCUT2D eigenvalue weighted by Crippen LogP contribution is -2.32. The van der Waals surface area contributed by atoms with Crippen molar-refractivity contribution < 1.29 is 9.53 Å². The maximum Gasteiger partial charge on any atom is 0.263 e. The highest BCUT2D eigenvalue weighted by atomic mass is 16.5. The number of carbonyl (C=O) groups is 1. The Morgan fingerprint density at radius 1 is 1.19 bits per heavy atom. The number of hydrogen-bond donors (Lipinski definition) is 2. The Balaban J connectivity index is 2.02. The lowest BCUT2D eigenvalue weighted by molar-refractivity contribution is -0.117. The summed E-state index contributed by atoms with van der Waals surface area (Å²) in [4.78, 5) is 15.8. The molecule has 0 aliphatic carbocycles. The Bertz CT molecular complexity index is 725. The van der Waals surface area contributed by atoms with Gasteiger partial charge in [-0.05, 0) is 29.3 Å². The molecule has 1 aliphatic heterocycles. The van der Waals surface area contributed by atoms with Gasteiger partial charge in [0.1, 0.15) is 5.75 Å². The highest BCUT2D eigenvalue weighted by Crippen LogP contribution is 2.28. The maximum atomic E-state index is 11.8. The van der Waals surface area contributed by atoms with Gasteiger partial charge in [0.2, 0.25) is 0 Å². The third-order valence-electron chi connectivity index (χ3n) is 3.36. The lowest BCUT2D eigenvalue weighted by Gasteiger charge is -2.10. The standard InChI is InChI=1S/C16H15N3O2/c1-21-13-4-2-3-10(7-13)11-5-6-12-9-18-15(17)16(20)19-14(12)8-11/h2-9,15H,17H2,1H3,(H,19,20). The zero-order valence-electron chi connectivity index (χ0n) is 11.5. The van der Waals surface area contributed by atoms with E-state index >= 15 is 0 Å². The molecule has 5 nitrogen and oxygen atoms in total. The summed E-state index contributed by atoms with van der Waals surface area (Å²) < 4.78 is 5.23. The van der Waals surface area contributed by atoms with Crippen LogP contribution in [0.3, 0.4) is 0 Å². The van der Waals surface area contributed by atoms with Crippen LogP contribution >= 0.6 is 0 Å². The number of hydrogen-bond acceptors (Lipinski definition) is 4. The number of anilines is 1. The highest BCUT2D eigenvalue weighted by Gasteiger charge is 2.17. The number of aliphatic imine (C=N–C) groups is 1. The van der Waals surface area contributed by atoms with Crippen molar-refractivity contribution in [3.05, 3.63) is 48.0 Å². The van der Waals surface area contributed by atoms with Crippen molar-refractivity contribution in [1.82, 2.24) is 0 Å². The largest absolute Gasteiger partial charge is 0.497 e. The van der Waals surface area contributed by atoms with Gasteiger partial charge in [0.05, 0.1) is 12.8 Å². The van der Waals surface area contributed by atoms with Crippen LogP contribution in [0, 0.1) is 0 Å². The smallest absolute Gasteiger partial charge is 0.263 e. The summed E-state index contributed by atoms with van der Waals surface area (Å²) in [5, 5.41) is 2.79. The molecule has 21 heavy (non-hydrogen) atoms. The van der Waals surface area contributed by atoms with E-state index in [9.17, 15) is 4.79 Å². The van der Waals surface area contributed by atoms with E-state index in [1.807, 2.05) is 42.5 Å². The topological polar surface area (TPSA) is 76.7 Å². The number of nitrogens with two attached hydrogens (primary N) is 1. The van der Waals surface area contributed by atoms with E-state index in [-0.39, 0.29) is 5.91 Å². The molecule has 1 unspecified atom stereocenters. The van der Waals surface area contributed by atoms with Gasteiger partial charge in [-0.15, -0.1) is 0 Å². The number of nitrogens with zero attached hydrogens (tertiary/aromatic N) is 1. The fourth-order valence-corrected chi connectivity index (χ4v) is 2.19. The van der Waals surface area contributed by atoms with Gasteiger partial charge in [0.15, 0.2) is 6.17 Å². The van der Waals surface area contributed by atoms with Crippen molar-refractivity contribution in [1.29, 1.82) is 0 Å². The van der Waals surface area contributed by atoms with Crippen molar-refractivity contribution >= 4 is 17.8 Å². The van der Waals surface area contributed by atoms with Crippen LogP contribution < -0.4 is 15.8 Å². The number of ether oxygens (including phenoxy) is 1. The Morgan fingerprint density at radius 2 is 2.00 bits per heavy atom. The van der Waals surface area contributed by atoms with Gasteiger partial charge < -0.3 is 15.8 Å². The van der Waals surface area contributed by atoms with E-state index in [0.717, 1.165) is 22.4 Å². The number of rotatable bonds is 2. The summed E-state index contributed by atoms with van der Waals surface area (Å²) in [5.41, 5.74) is 9.15. The van der Waals surface area contributed by atoms with Crippen molar-refractivity contribution in [3.63, 3.8) is 0 Å². The van der Waals surface area contributed by atoms with Crippen LogP contribution in [0.5, 0.6) is 5.75 Å². The third kappa shape index (κ3) is 2.64. The number of fused-ring (bicyclic) bond motifs is 1. The molecule has 106 valence electrons. The number of benzene rings is 2. The number of carbonyl (C=O) groups excluding carboxylic acids is 1. The Morgan fingerprint density at radius 3 is 2.81 bits per heavy atom. The molecule has 1 amide bonds. The first-order valence-electron chi connectivity index (χ1n) is 6.55. The summed E-state index contributed by atoms with van der Waals surface area (Å²) in [6.45, 7) is 0. The molecule has 3 N–H and O–H groups in total. The van der Waals surface area contributed by atoms with Crippen molar-refractivity contribution in [3.8, 4) is 16.9 Å². The minimum Gasteiger partial charge on any atom is -0.497 e. The van der Waals surface area contributed by atoms with Crippen LogP contribution in [0.25, 0.3) is 11.1 Å². The van der Waals surface area contributed by atoms with E-state index in [0.29, 0.717) is 5.69 Å². The summed E-state index contributed by atoms with van der Waals surface area (Å²) in [6.07, 6.45) is 0.755. The summed E-state index contributed by atoms with van der Waals surface area (Å²) in [5.74, 6) is 0.475. The lowest BCUT2D eigenvalue weighted by atomic mass is 10.0. The quantitative estimate of drug-likeness (QED) is 0.884. The van der Waals surface area contributed by atoms with Crippen molar-refractivity contribution in [2.75, 3.05) is 12.4 Å². The maximum absolute atomic E-state index is 11.8. The predicted molar refractivity (Wildman–Crippen MR) is 82.6 cm³/mol. The minimum atomic E-state index is -0.863. The Labute approximate surface area is 122 Å². The van der Waals surface area contributed by atoms with E-state index < -0.39 is 6.17 Å². The van der Waals surface area contributed by atoms with Crippen LogP contribution in [-0.4, -0.2) is 25.4 Å². The molecule has 5 heteroatoms. The van der Waals surface area contributed by atoms with Gasteiger partial charge >= 0.3 is 0 Å². The monoisotopic (exact) mass is 281 g/mol. The number of amides is 1. The van der Waals surface area contributed by atoms with Crippen LogP contribution in [0.15, 0.2) is 47.5 Å². The molecular weight excluding hydrogens is 266 g/mol. The second kappa shape index (κ2) is 5.38. The molecule has 0 spiro atoms. The minimum absolute atomic E-state index is 0.312. The highest BCUT2D eigenvalue weighted by molar-refractivity contribution is 6.03. The molecule has 0 aromatic heterocycles. The number of benzodiazepines with no additional fused rings is 1. The molecule has 2 aromatic rings. The van der Waals surface area contributed by atoms with Gasteiger partial charge in [0, 0.05) is 11.8 Å². The molecule has 1 atom stereocenters. The van der Waals surface area contributed by atoms with E-state index in [2.05, 4.69) is 10.3 Å². The molecular formula is C16H15N3O2. The van der Waals surface area contributed by atoms with E-state index in [1.54, 1.807) is 13.3 Å². The fraction of sp³-hybridized carbons (Fsp3) is 0.125. The molecule has 3 rings (SSSR count). The molecule has 0 saturated carbocycles. The fourth-order valence-electron chi connectivity index (χ4n) is 2.19. The Hall–Kier alpha value is -2.66. The zero-order chi connectivity index (χ0) is 14.8. The number of methoxy groups -OCH3 is 1. The summed E-state index contributed by atoms with van der Waals surface area (Å²) in [6, 6.07) is 13.5. The average molecular weight is 281 g/mol. The second-order valence-corrected chi connectivity index (χ2v) is 4.75. The molecule has 2 aromatic carbocycles. The van der Waals surface area contributed by atoms with Gasteiger partial charge in [-0.25, -0.2) is 0 Å². The molecule has 0 saturated heterocycles. The van der Waals surface area contributed by atoms with Crippen LogP contribution in [-0.2, 0) is 4.79 Å². The molecule has 1 aliphatic rings. The van der Waals surface area contributed by atoms with E-state index in [4.69, 9.17) is 10.5 Å². The first-order chi connectivity index (χ1) is 10.2. The van der Waals surface area contributed by atoms with Crippen LogP contribution in [0.2, 0.25) is 0 Å². The summed E-state index contributed by atoms with van der Waals surface area (Å²) >= 11 is 0. The predicted octanol–water partition coefficient (Wildman–Crippen LogP) is 2.02. The first-order valence-corrected chi connectivity index (χ1v) is 6.55. The first kappa shape index (κ1) is 13.3. The molecule has 0 bridgehead atoms. The summed E-state index contributed by atoms with van der Waals surface area (Å²) in [7, 11) is 1.63. The average Bonchev–Trinajstić information content (AvgIpc) is 2.66. The molecule has 0 radical (unpaired) electrons. The van der Waals surface area contributed by atoms with Gasteiger partial charge in [-0.1, -0.05) is 24.3 Å². The van der Waals surface area contributed by atoms with E-state index in [1.165, 1.54) is 0 Å². The van der Waals surface area contributed by atoms with Gasteiger partial charge in [0.25, 0.3) is 5.91 Å². The van der Waals surface area contributed by atoms with Gasteiger partial charge in [-0.2, -0.15) is 0 Å². The Kier molecular flexibility index (Phi) is 3.41. The molecule has 1 heterocycles. The second-order valence-electron chi connectivity index (χ2n) is 4.75. The number of nitrogens with one attached hydrogen (secondary N) is 1. The normalized spacial score (nSPS) is 16.9. The zero-order valence-corrected chi connectivity index (χ0v) is 11.5. The van der Waals surface area contributed by atoms with Crippen molar-refractivity contribution in [2.45, 2.75) is 6.17 Å². The van der Waals surface area contributed by atoms with Crippen LogP contribution in [0.1, 0.15) is 5.56 Å². The SMILES string of the molecule is COc1cccc(-c2ccc3c(c2)NC(=O)C(N)N=C3)c1. The van der Waals surface area contributed by atoms with Crippen molar-refractivity contribution in [2.24, 2.45) is 10.7 Å². The molecule has 0 fully saturated rings. The van der Waals surface area contributed by atoms with Crippen LogP contribution in [0.4, 0.5) is 5.69 Å². The van der Waals surface area contributed by atoms with Gasteiger partial charge in [-0.3, -0.25) is 9.79 Å². The third-order valence-corrected chi connectivity index (χ3v) is 3.36.